The van der Waals surface area contributed by atoms with Gasteiger partial charge in [0, 0.05) is 18.9 Å². The number of amides is 1. The SMILES string of the molecule is O=C(c1ccnnc1)N1CCO[C@@H]2C[C@H](COCc3cccnc3)C[C@@H]21. The molecule has 0 unspecified atom stereocenters. The Morgan fingerprint density at radius 1 is 1.23 bits per heavy atom. The Morgan fingerprint density at radius 2 is 2.19 bits per heavy atom. The lowest BCUT2D eigenvalue weighted by molar-refractivity contribution is -0.0450. The van der Waals surface area contributed by atoms with Crippen LogP contribution in [0.3, 0.4) is 0 Å². The summed E-state index contributed by atoms with van der Waals surface area (Å²) in [5.74, 6) is 0.403. The smallest absolute Gasteiger partial charge is 0.255 e. The second-order valence-corrected chi connectivity index (χ2v) is 6.82. The second-order valence-electron chi connectivity index (χ2n) is 6.82. The first kappa shape index (κ1) is 17.1. The Balaban J connectivity index is 1.35. The molecule has 0 aromatic carbocycles. The quantitative estimate of drug-likeness (QED) is 0.813. The number of carbonyl (C=O) groups excluding carboxylic acids is 1. The van der Waals surface area contributed by atoms with E-state index in [2.05, 4.69) is 15.2 Å². The van der Waals surface area contributed by atoms with Crippen molar-refractivity contribution in [3.05, 3.63) is 54.1 Å². The predicted molar refractivity (Wildman–Crippen MR) is 93.2 cm³/mol. The molecular formula is C19H22N4O3. The zero-order chi connectivity index (χ0) is 17.8. The third-order valence-corrected chi connectivity index (χ3v) is 5.07. The number of hydrogen-bond donors (Lipinski definition) is 0. The first-order chi connectivity index (χ1) is 12.8. The number of hydrogen-bond acceptors (Lipinski definition) is 6. The van der Waals surface area contributed by atoms with E-state index in [1.54, 1.807) is 18.5 Å². The molecule has 0 bridgehead atoms. The van der Waals surface area contributed by atoms with Gasteiger partial charge in [-0.3, -0.25) is 9.78 Å². The van der Waals surface area contributed by atoms with Gasteiger partial charge in [0.25, 0.3) is 5.91 Å². The van der Waals surface area contributed by atoms with Gasteiger partial charge in [0.15, 0.2) is 0 Å². The van der Waals surface area contributed by atoms with Gasteiger partial charge in [-0.1, -0.05) is 6.07 Å². The van der Waals surface area contributed by atoms with Crippen LogP contribution < -0.4 is 0 Å². The molecule has 1 saturated heterocycles. The molecule has 2 aromatic heterocycles. The molecule has 2 aromatic rings. The lowest BCUT2D eigenvalue weighted by Crippen LogP contribution is -2.51. The number of pyridine rings is 1. The largest absolute Gasteiger partial charge is 0.376 e. The fraction of sp³-hybridized carbons (Fsp3) is 0.474. The van der Waals surface area contributed by atoms with Crippen molar-refractivity contribution in [3.8, 4) is 0 Å². The molecule has 4 rings (SSSR count). The molecular weight excluding hydrogens is 332 g/mol. The highest BCUT2D eigenvalue weighted by Gasteiger charge is 2.43. The first-order valence-corrected chi connectivity index (χ1v) is 8.97. The van der Waals surface area contributed by atoms with Crippen LogP contribution in [0.2, 0.25) is 0 Å². The van der Waals surface area contributed by atoms with Crippen LogP contribution in [0.25, 0.3) is 0 Å². The maximum atomic E-state index is 12.8. The summed E-state index contributed by atoms with van der Waals surface area (Å²) in [6, 6.07) is 5.74. The van der Waals surface area contributed by atoms with E-state index in [9.17, 15) is 4.79 Å². The summed E-state index contributed by atoms with van der Waals surface area (Å²) < 4.78 is 11.8. The van der Waals surface area contributed by atoms with Crippen LogP contribution >= 0.6 is 0 Å². The number of fused-ring (bicyclic) bond motifs is 1. The van der Waals surface area contributed by atoms with Crippen LogP contribution in [0, 0.1) is 5.92 Å². The average Bonchev–Trinajstić information content (AvgIpc) is 3.12. The molecule has 3 atom stereocenters. The first-order valence-electron chi connectivity index (χ1n) is 8.97. The van der Waals surface area contributed by atoms with Crippen LogP contribution in [0.15, 0.2) is 43.0 Å². The van der Waals surface area contributed by atoms with Crippen molar-refractivity contribution in [3.63, 3.8) is 0 Å². The molecule has 2 aliphatic rings. The zero-order valence-corrected chi connectivity index (χ0v) is 14.5. The maximum absolute atomic E-state index is 12.8. The molecule has 0 radical (unpaired) electrons. The van der Waals surface area contributed by atoms with Crippen molar-refractivity contribution < 1.29 is 14.3 Å². The van der Waals surface area contributed by atoms with Crippen LogP contribution in [0.5, 0.6) is 0 Å². The number of nitrogens with zero attached hydrogens (tertiary/aromatic N) is 4. The van der Waals surface area contributed by atoms with Crippen molar-refractivity contribution in [2.24, 2.45) is 5.92 Å². The van der Waals surface area contributed by atoms with Crippen LogP contribution in [0.4, 0.5) is 0 Å². The summed E-state index contributed by atoms with van der Waals surface area (Å²) in [4.78, 5) is 18.8. The lowest BCUT2D eigenvalue weighted by atomic mass is 10.1. The number of ether oxygens (including phenoxy) is 2. The van der Waals surface area contributed by atoms with Crippen LogP contribution in [-0.2, 0) is 16.1 Å². The van der Waals surface area contributed by atoms with Crippen molar-refractivity contribution in [2.45, 2.75) is 31.6 Å². The van der Waals surface area contributed by atoms with Gasteiger partial charge in [-0.2, -0.15) is 10.2 Å². The average molecular weight is 354 g/mol. The summed E-state index contributed by atoms with van der Waals surface area (Å²) in [6.45, 7) is 2.43. The van der Waals surface area contributed by atoms with E-state index in [0.29, 0.717) is 37.8 Å². The third kappa shape index (κ3) is 3.73. The van der Waals surface area contributed by atoms with E-state index in [-0.39, 0.29) is 18.1 Å². The van der Waals surface area contributed by atoms with Crippen molar-refractivity contribution in [1.29, 1.82) is 0 Å². The molecule has 0 spiro atoms. The van der Waals surface area contributed by atoms with Gasteiger partial charge in [0.1, 0.15) is 0 Å². The summed E-state index contributed by atoms with van der Waals surface area (Å²) in [6.07, 6.45) is 8.57. The van der Waals surface area contributed by atoms with Gasteiger partial charge in [0.2, 0.25) is 0 Å². The molecule has 136 valence electrons. The molecule has 1 aliphatic heterocycles. The number of carbonyl (C=O) groups is 1. The highest BCUT2D eigenvalue weighted by atomic mass is 16.5. The third-order valence-electron chi connectivity index (χ3n) is 5.07. The normalized spacial score (nSPS) is 25.1. The van der Waals surface area contributed by atoms with Gasteiger partial charge >= 0.3 is 0 Å². The highest BCUT2D eigenvalue weighted by molar-refractivity contribution is 5.94. The standard InChI is InChI=1S/C19H22N4O3/c24-19(16-3-5-21-22-11-16)23-6-7-26-18-9-15(8-17(18)23)13-25-12-14-2-1-4-20-10-14/h1-5,10-11,15,17-18H,6-9,12-13H2/t15-,17+,18-/m1/s1. The van der Waals surface area contributed by atoms with E-state index in [1.807, 2.05) is 23.2 Å². The Labute approximate surface area is 152 Å². The summed E-state index contributed by atoms with van der Waals surface area (Å²) in [5, 5.41) is 7.56. The Bertz CT molecular complexity index is 728. The van der Waals surface area contributed by atoms with E-state index >= 15 is 0 Å². The molecule has 1 aliphatic carbocycles. The van der Waals surface area contributed by atoms with E-state index in [4.69, 9.17) is 9.47 Å². The van der Waals surface area contributed by atoms with Crippen LogP contribution in [-0.4, -0.2) is 57.9 Å². The monoisotopic (exact) mass is 354 g/mol. The Kier molecular flexibility index (Phi) is 5.17. The number of rotatable bonds is 5. The maximum Gasteiger partial charge on any atom is 0.255 e. The van der Waals surface area contributed by atoms with Gasteiger partial charge in [-0.25, -0.2) is 0 Å². The van der Waals surface area contributed by atoms with Crippen molar-refractivity contribution in [2.75, 3.05) is 19.8 Å². The molecule has 3 heterocycles. The minimum atomic E-state index is 0.00938. The highest BCUT2D eigenvalue weighted by Crippen LogP contribution is 2.35. The predicted octanol–water partition coefficient (Wildman–Crippen LogP) is 1.71. The van der Waals surface area contributed by atoms with Crippen molar-refractivity contribution in [1.82, 2.24) is 20.1 Å². The van der Waals surface area contributed by atoms with E-state index in [1.165, 1.54) is 6.20 Å². The van der Waals surface area contributed by atoms with E-state index in [0.717, 1.165) is 18.4 Å². The Morgan fingerprint density at radius 3 is 3.00 bits per heavy atom. The summed E-state index contributed by atoms with van der Waals surface area (Å²) in [7, 11) is 0. The Hall–Kier alpha value is -2.38. The van der Waals surface area contributed by atoms with Crippen molar-refractivity contribution >= 4 is 5.91 Å². The molecule has 0 N–H and O–H groups in total. The molecule has 1 amide bonds. The lowest BCUT2D eigenvalue weighted by Gasteiger charge is -2.37. The number of morpholine rings is 1. The van der Waals surface area contributed by atoms with Gasteiger partial charge in [-0.05, 0) is 36.5 Å². The minimum absolute atomic E-state index is 0.00938. The fourth-order valence-electron chi connectivity index (χ4n) is 3.85. The van der Waals surface area contributed by atoms with Gasteiger partial charge < -0.3 is 14.4 Å². The molecule has 7 heteroatoms. The second kappa shape index (κ2) is 7.88. The summed E-state index contributed by atoms with van der Waals surface area (Å²) >= 11 is 0. The molecule has 2 fully saturated rings. The minimum Gasteiger partial charge on any atom is -0.376 e. The molecule has 1 saturated carbocycles. The fourth-order valence-corrected chi connectivity index (χ4v) is 3.85. The van der Waals surface area contributed by atoms with Crippen LogP contribution in [0.1, 0.15) is 28.8 Å². The zero-order valence-electron chi connectivity index (χ0n) is 14.5. The molecule has 7 nitrogen and oxygen atoms in total. The van der Waals surface area contributed by atoms with Gasteiger partial charge in [-0.15, -0.1) is 0 Å². The topological polar surface area (TPSA) is 77.4 Å². The molecule has 26 heavy (non-hydrogen) atoms. The number of aromatic nitrogens is 3. The van der Waals surface area contributed by atoms with Gasteiger partial charge in [0.05, 0.1) is 49.9 Å². The van der Waals surface area contributed by atoms with E-state index < -0.39 is 0 Å². The summed E-state index contributed by atoms with van der Waals surface area (Å²) in [5.41, 5.74) is 1.65.